The summed E-state index contributed by atoms with van der Waals surface area (Å²) in [5.74, 6) is -0.900. The Bertz CT molecular complexity index is 1130. The van der Waals surface area contributed by atoms with Crippen molar-refractivity contribution in [1.29, 1.82) is 0 Å². The maximum absolute atomic E-state index is 12.9. The molecule has 1 saturated heterocycles. The highest BCUT2D eigenvalue weighted by Crippen LogP contribution is 2.28. The lowest BCUT2D eigenvalue weighted by molar-refractivity contribution is 0.0505. The van der Waals surface area contributed by atoms with Crippen LogP contribution < -0.4 is 0 Å². The number of ether oxygens (including phenoxy) is 1. The SMILES string of the molecule is O=C(OCCCS(=O)(=O)c1ccccc1)c1ccc(Cl)c(S(=O)(=O)N2CCCCC2)c1. The molecule has 2 aromatic rings. The van der Waals surface area contributed by atoms with Crippen LogP contribution >= 0.6 is 11.6 Å². The number of esters is 1. The van der Waals surface area contributed by atoms with Crippen molar-refractivity contribution in [2.24, 2.45) is 0 Å². The third-order valence-corrected chi connectivity index (χ3v) is 9.19. The number of halogens is 1. The number of benzene rings is 2. The van der Waals surface area contributed by atoms with Crippen LogP contribution in [0.3, 0.4) is 0 Å². The van der Waals surface area contributed by atoms with Gasteiger partial charge in [-0.25, -0.2) is 21.6 Å². The van der Waals surface area contributed by atoms with E-state index < -0.39 is 25.8 Å². The smallest absolute Gasteiger partial charge is 0.338 e. The third kappa shape index (κ3) is 5.85. The summed E-state index contributed by atoms with van der Waals surface area (Å²) in [7, 11) is -7.27. The molecule has 168 valence electrons. The topological polar surface area (TPSA) is 97.8 Å². The molecule has 3 rings (SSSR count). The fourth-order valence-electron chi connectivity index (χ4n) is 3.32. The number of carbonyl (C=O) groups is 1. The van der Waals surface area contributed by atoms with E-state index in [0.717, 1.165) is 19.3 Å². The van der Waals surface area contributed by atoms with Gasteiger partial charge in [0.05, 0.1) is 27.8 Å². The van der Waals surface area contributed by atoms with Crippen LogP contribution in [0, 0.1) is 0 Å². The van der Waals surface area contributed by atoms with Crippen LogP contribution in [-0.4, -0.2) is 52.6 Å². The second kappa shape index (κ2) is 10.1. The maximum Gasteiger partial charge on any atom is 0.338 e. The molecule has 0 N–H and O–H groups in total. The number of carbonyl (C=O) groups excluding carboxylic acids is 1. The van der Waals surface area contributed by atoms with Crippen molar-refractivity contribution < 1.29 is 26.4 Å². The van der Waals surface area contributed by atoms with Crippen molar-refractivity contribution in [2.45, 2.75) is 35.5 Å². The monoisotopic (exact) mass is 485 g/mol. The molecule has 1 aliphatic rings. The zero-order valence-electron chi connectivity index (χ0n) is 16.9. The van der Waals surface area contributed by atoms with Gasteiger partial charge in [-0.05, 0) is 49.6 Å². The second-order valence-electron chi connectivity index (χ2n) is 7.23. The third-order valence-electron chi connectivity index (χ3n) is 4.99. The van der Waals surface area contributed by atoms with Crippen LogP contribution in [0.1, 0.15) is 36.0 Å². The molecule has 0 radical (unpaired) electrons. The van der Waals surface area contributed by atoms with E-state index in [1.807, 2.05) is 0 Å². The molecular weight excluding hydrogens is 462 g/mol. The first kappa shape index (κ1) is 23.7. The first-order valence-electron chi connectivity index (χ1n) is 9.96. The molecule has 10 heteroatoms. The van der Waals surface area contributed by atoms with E-state index in [0.29, 0.717) is 13.1 Å². The number of hydrogen-bond donors (Lipinski definition) is 0. The van der Waals surface area contributed by atoms with E-state index in [9.17, 15) is 21.6 Å². The molecule has 0 spiro atoms. The van der Waals surface area contributed by atoms with E-state index in [1.54, 1.807) is 18.2 Å². The zero-order valence-corrected chi connectivity index (χ0v) is 19.3. The van der Waals surface area contributed by atoms with Crippen molar-refractivity contribution in [3.05, 3.63) is 59.1 Å². The van der Waals surface area contributed by atoms with Crippen LogP contribution in [0.5, 0.6) is 0 Å². The molecule has 0 aromatic heterocycles. The fraction of sp³-hybridized carbons (Fsp3) is 0.381. The molecule has 0 aliphatic carbocycles. The summed E-state index contributed by atoms with van der Waals surface area (Å²) in [6, 6.07) is 12.0. The predicted octanol–water partition coefficient (Wildman–Crippen LogP) is 3.54. The van der Waals surface area contributed by atoms with Crippen LogP contribution in [0.15, 0.2) is 58.3 Å². The standard InChI is InChI=1S/C21H24ClNO6S2/c22-19-11-10-17(16-20(19)31(27,28)23-12-5-2-6-13-23)21(24)29-14-7-15-30(25,26)18-8-3-1-4-9-18/h1,3-4,8-11,16H,2,5-7,12-15H2. The van der Waals surface area contributed by atoms with Gasteiger partial charge >= 0.3 is 5.97 Å². The largest absolute Gasteiger partial charge is 0.462 e. The molecule has 7 nitrogen and oxygen atoms in total. The fourth-order valence-corrected chi connectivity index (χ4v) is 6.64. The molecule has 31 heavy (non-hydrogen) atoms. The lowest BCUT2D eigenvalue weighted by atomic mass is 10.2. The van der Waals surface area contributed by atoms with Gasteiger partial charge < -0.3 is 4.74 Å². The van der Waals surface area contributed by atoms with E-state index in [-0.39, 0.29) is 39.2 Å². The maximum atomic E-state index is 12.9. The van der Waals surface area contributed by atoms with E-state index >= 15 is 0 Å². The van der Waals surface area contributed by atoms with Crippen molar-refractivity contribution in [2.75, 3.05) is 25.4 Å². The number of rotatable bonds is 8. The predicted molar refractivity (Wildman–Crippen MR) is 117 cm³/mol. The highest BCUT2D eigenvalue weighted by Gasteiger charge is 2.29. The number of sulfone groups is 1. The Balaban J connectivity index is 1.63. The van der Waals surface area contributed by atoms with Crippen molar-refractivity contribution in [3.63, 3.8) is 0 Å². The van der Waals surface area contributed by atoms with E-state index in [1.165, 1.54) is 34.6 Å². The van der Waals surface area contributed by atoms with Crippen LogP contribution in [-0.2, 0) is 24.6 Å². The summed E-state index contributed by atoms with van der Waals surface area (Å²) < 4.78 is 56.9. The van der Waals surface area contributed by atoms with Gasteiger partial charge in [0.1, 0.15) is 4.90 Å². The Morgan fingerprint density at radius 1 is 0.968 bits per heavy atom. The van der Waals surface area contributed by atoms with E-state index in [2.05, 4.69) is 0 Å². The van der Waals surface area contributed by atoms with Gasteiger partial charge in [0.2, 0.25) is 10.0 Å². The average Bonchev–Trinajstić information content (AvgIpc) is 2.78. The van der Waals surface area contributed by atoms with Crippen molar-refractivity contribution in [3.8, 4) is 0 Å². The Kier molecular flexibility index (Phi) is 7.74. The highest BCUT2D eigenvalue weighted by atomic mass is 35.5. The quantitative estimate of drug-likeness (QED) is 0.419. The van der Waals surface area contributed by atoms with Crippen LogP contribution in [0.25, 0.3) is 0 Å². The average molecular weight is 486 g/mol. The van der Waals surface area contributed by atoms with Gasteiger partial charge in [-0.1, -0.05) is 36.2 Å². The second-order valence-corrected chi connectivity index (χ2v) is 11.7. The Morgan fingerprint density at radius 3 is 2.32 bits per heavy atom. The summed E-state index contributed by atoms with van der Waals surface area (Å²) in [5, 5.41) is 0.0380. The van der Waals surface area contributed by atoms with Gasteiger partial charge in [0.25, 0.3) is 0 Å². The minimum atomic E-state index is -3.81. The number of hydrogen-bond acceptors (Lipinski definition) is 6. The lowest BCUT2D eigenvalue weighted by Crippen LogP contribution is -2.35. The summed E-state index contributed by atoms with van der Waals surface area (Å²) in [4.78, 5) is 12.5. The highest BCUT2D eigenvalue weighted by molar-refractivity contribution is 7.91. The number of piperidine rings is 1. The molecule has 0 bridgehead atoms. The molecule has 1 fully saturated rings. The van der Waals surface area contributed by atoms with Gasteiger partial charge in [0, 0.05) is 13.1 Å². The Labute approximate surface area is 187 Å². The number of nitrogens with zero attached hydrogens (tertiary/aromatic N) is 1. The summed E-state index contributed by atoms with van der Waals surface area (Å²) in [5.41, 5.74) is 0.0471. The molecule has 0 atom stereocenters. The van der Waals surface area contributed by atoms with Crippen molar-refractivity contribution >= 4 is 37.4 Å². The molecule has 0 amide bonds. The first-order valence-corrected chi connectivity index (χ1v) is 13.4. The van der Waals surface area contributed by atoms with Gasteiger partial charge in [0.15, 0.2) is 9.84 Å². The summed E-state index contributed by atoms with van der Waals surface area (Å²) in [6.07, 6.45) is 2.66. The minimum Gasteiger partial charge on any atom is -0.462 e. The molecule has 1 aliphatic heterocycles. The van der Waals surface area contributed by atoms with Crippen molar-refractivity contribution in [1.82, 2.24) is 4.31 Å². The Hall–Kier alpha value is -1.94. The molecule has 0 saturated carbocycles. The lowest BCUT2D eigenvalue weighted by Gasteiger charge is -2.26. The molecule has 2 aromatic carbocycles. The van der Waals surface area contributed by atoms with Gasteiger partial charge in [-0.2, -0.15) is 4.31 Å². The summed E-state index contributed by atoms with van der Waals surface area (Å²) in [6.45, 7) is 0.730. The van der Waals surface area contributed by atoms with Crippen LogP contribution in [0.2, 0.25) is 5.02 Å². The Morgan fingerprint density at radius 2 is 1.65 bits per heavy atom. The van der Waals surface area contributed by atoms with Crippen LogP contribution in [0.4, 0.5) is 0 Å². The summed E-state index contributed by atoms with van der Waals surface area (Å²) >= 11 is 6.12. The van der Waals surface area contributed by atoms with E-state index in [4.69, 9.17) is 16.3 Å². The van der Waals surface area contributed by atoms with Gasteiger partial charge in [-0.15, -0.1) is 0 Å². The zero-order chi connectivity index (χ0) is 22.5. The normalized spacial score (nSPS) is 15.5. The molecule has 0 unspecified atom stereocenters. The number of sulfonamides is 1. The van der Waals surface area contributed by atoms with Gasteiger partial charge in [-0.3, -0.25) is 0 Å². The first-order chi connectivity index (χ1) is 14.7. The molecule has 1 heterocycles. The minimum absolute atomic E-state index is 0.0380. The molecular formula is C21H24ClNO6S2.